The third-order valence-corrected chi connectivity index (χ3v) is 4.53. The third-order valence-electron chi connectivity index (χ3n) is 2.41. The summed E-state index contributed by atoms with van der Waals surface area (Å²) in [5, 5.41) is 2.40. The van der Waals surface area contributed by atoms with E-state index >= 15 is 0 Å². The normalized spacial score (nSPS) is 11.4. The second kappa shape index (κ2) is 4.03. The average molecular weight is 269 g/mol. The van der Waals surface area contributed by atoms with Crippen LogP contribution in [0, 0.1) is 0 Å². The molecular weight excluding hydrogens is 256 g/mol. The molecular formula is C12H13BrS. The minimum atomic E-state index is 0.610. The van der Waals surface area contributed by atoms with Crippen LogP contribution < -0.4 is 0 Å². The molecule has 0 aliphatic rings. The van der Waals surface area contributed by atoms with Crippen LogP contribution in [-0.2, 0) is 5.33 Å². The van der Waals surface area contributed by atoms with Gasteiger partial charge in [-0.15, -0.1) is 11.3 Å². The number of benzene rings is 1. The van der Waals surface area contributed by atoms with E-state index in [1.807, 2.05) is 11.3 Å². The van der Waals surface area contributed by atoms with Crippen LogP contribution in [0.3, 0.4) is 0 Å². The maximum atomic E-state index is 3.57. The Morgan fingerprint density at radius 3 is 2.64 bits per heavy atom. The molecule has 0 radical (unpaired) electrons. The largest absolute Gasteiger partial charge is 0.139 e. The molecule has 0 aliphatic carbocycles. The Labute approximate surface area is 97.1 Å². The van der Waals surface area contributed by atoms with Gasteiger partial charge in [0.25, 0.3) is 0 Å². The first-order valence-electron chi connectivity index (χ1n) is 4.80. The highest BCUT2D eigenvalue weighted by atomic mass is 79.9. The molecule has 0 aliphatic heterocycles. The summed E-state index contributed by atoms with van der Waals surface area (Å²) in [4.78, 5) is 1.47. The maximum absolute atomic E-state index is 3.57. The van der Waals surface area contributed by atoms with Crippen molar-refractivity contribution in [1.82, 2.24) is 0 Å². The fourth-order valence-electron chi connectivity index (χ4n) is 1.85. The highest BCUT2D eigenvalue weighted by molar-refractivity contribution is 9.08. The molecule has 0 N–H and O–H groups in total. The number of thiophene rings is 1. The van der Waals surface area contributed by atoms with E-state index in [1.165, 1.54) is 20.5 Å². The van der Waals surface area contributed by atoms with Crippen molar-refractivity contribution in [2.75, 3.05) is 0 Å². The van der Waals surface area contributed by atoms with Crippen LogP contribution in [0.15, 0.2) is 24.3 Å². The van der Waals surface area contributed by atoms with Gasteiger partial charge < -0.3 is 0 Å². The van der Waals surface area contributed by atoms with Crippen LogP contribution in [0.2, 0.25) is 0 Å². The number of hydrogen-bond acceptors (Lipinski definition) is 1. The summed E-state index contributed by atoms with van der Waals surface area (Å²) < 4.78 is 1.41. The van der Waals surface area contributed by atoms with Gasteiger partial charge in [0, 0.05) is 14.9 Å². The molecule has 14 heavy (non-hydrogen) atoms. The molecule has 74 valence electrons. The molecule has 1 aromatic heterocycles. The zero-order chi connectivity index (χ0) is 10.1. The van der Waals surface area contributed by atoms with Crippen molar-refractivity contribution in [3.63, 3.8) is 0 Å². The van der Waals surface area contributed by atoms with Crippen LogP contribution in [-0.4, -0.2) is 0 Å². The Balaban J connectivity index is 2.74. The highest BCUT2D eigenvalue weighted by Crippen LogP contribution is 2.36. The Morgan fingerprint density at radius 2 is 2.00 bits per heavy atom. The zero-order valence-corrected chi connectivity index (χ0v) is 10.8. The van der Waals surface area contributed by atoms with E-state index < -0.39 is 0 Å². The van der Waals surface area contributed by atoms with Crippen LogP contribution in [0.25, 0.3) is 10.1 Å². The van der Waals surface area contributed by atoms with Gasteiger partial charge in [-0.2, -0.15) is 0 Å². The van der Waals surface area contributed by atoms with Crippen molar-refractivity contribution in [2.24, 2.45) is 0 Å². The fourth-order valence-corrected chi connectivity index (χ4v) is 3.70. The molecule has 0 nitrogen and oxygen atoms in total. The standard InChI is InChI=1S/C12H13BrS/c1-8(2)12-9-5-3-4-6-10(9)14-11(12)7-13/h3-6,8H,7H2,1-2H3. The molecule has 0 fully saturated rings. The lowest BCUT2D eigenvalue weighted by Crippen LogP contribution is -1.88. The van der Waals surface area contributed by atoms with Gasteiger partial charge in [0.1, 0.15) is 0 Å². The summed E-state index contributed by atoms with van der Waals surface area (Å²) in [7, 11) is 0. The molecule has 0 atom stereocenters. The second-order valence-electron chi connectivity index (χ2n) is 3.72. The van der Waals surface area contributed by atoms with E-state index in [0.717, 1.165) is 5.33 Å². The van der Waals surface area contributed by atoms with Gasteiger partial charge in [-0.3, -0.25) is 0 Å². The SMILES string of the molecule is CC(C)c1c(CBr)sc2ccccc12. The number of hydrogen-bond donors (Lipinski definition) is 0. The predicted octanol–water partition coefficient (Wildman–Crippen LogP) is 4.92. The first kappa shape index (κ1) is 10.2. The molecule has 0 saturated heterocycles. The van der Waals surface area contributed by atoms with Crippen molar-refractivity contribution < 1.29 is 0 Å². The Bertz CT molecular complexity index is 443. The van der Waals surface area contributed by atoms with Gasteiger partial charge in [-0.05, 0) is 22.9 Å². The predicted molar refractivity (Wildman–Crippen MR) is 68.5 cm³/mol. The van der Waals surface area contributed by atoms with Gasteiger partial charge in [-0.25, -0.2) is 0 Å². The minimum absolute atomic E-state index is 0.610. The number of halogens is 1. The van der Waals surface area contributed by atoms with Crippen molar-refractivity contribution in [2.45, 2.75) is 25.1 Å². The molecule has 1 heterocycles. The third kappa shape index (κ3) is 1.61. The summed E-state index contributed by atoms with van der Waals surface area (Å²) in [6, 6.07) is 8.67. The highest BCUT2D eigenvalue weighted by Gasteiger charge is 2.13. The molecule has 0 amide bonds. The van der Waals surface area contributed by atoms with E-state index in [0.29, 0.717) is 5.92 Å². The summed E-state index contributed by atoms with van der Waals surface area (Å²) in [6.45, 7) is 4.53. The lowest BCUT2D eigenvalue weighted by atomic mass is 10.0. The molecule has 0 spiro atoms. The first-order chi connectivity index (χ1) is 6.74. The Morgan fingerprint density at radius 1 is 1.29 bits per heavy atom. The van der Waals surface area contributed by atoms with Crippen LogP contribution in [0.1, 0.15) is 30.2 Å². The van der Waals surface area contributed by atoms with Gasteiger partial charge in [-0.1, -0.05) is 48.0 Å². The lowest BCUT2D eigenvalue weighted by Gasteiger charge is -2.05. The van der Waals surface area contributed by atoms with E-state index in [4.69, 9.17) is 0 Å². The zero-order valence-electron chi connectivity index (χ0n) is 8.38. The fraction of sp³-hybridized carbons (Fsp3) is 0.333. The first-order valence-corrected chi connectivity index (χ1v) is 6.74. The smallest absolute Gasteiger partial charge is 0.0380 e. The molecule has 0 bridgehead atoms. The molecule has 1 aromatic carbocycles. The minimum Gasteiger partial charge on any atom is -0.139 e. The summed E-state index contributed by atoms with van der Waals surface area (Å²) in [6.07, 6.45) is 0. The van der Waals surface area contributed by atoms with Gasteiger partial charge in [0.05, 0.1) is 0 Å². The van der Waals surface area contributed by atoms with Crippen molar-refractivity contribution in [3.05, 3.63) is 34.7 Å². The molecule has 2 heteroatoms. The summed E-state index contributed by atoms with van der Waals surface area (Å²) >= 11 is 5.47. The number of fused-ring (bicyclic) bond motifs is 1. The van der Waals surface area contributed by atoms with Crippen LogP contribution >= 0.6 is 27.3 Å². The second-order valence-corrected chi connectivity index (χ2v) is 5.42. The monoisotopic (exact) mass is 268 g/mol. The van der Waals surface area contributed by atoms with Crippen molar-refractivity contribution in [3.8, 4) is 0 Å². The van der Waals surface area contributed by atoms with E-state index in [-0.39, 0.29) is 0 Å². The molecule has 2 aromatic rings. The van der Waals surface area contributed by atoms with E-state index in [1.54, 1.807) is 0 Å². The Hall–Kier alpha value is -0.340. The van der Waals surface area contributed by atoms with Gasteiger partial charge in [0.15, 0.2) is 0 Å². The van der Waals surface area contributed by atoms with E-state index in [2.05, 4.69) is 54.0 Å². The van der Waals surface area contributed by atoms with E-state index in [9.17, 15) is 0 Å². The van der Waals surface area contributed by atoms with Crippen molar-refractivity contribution in [1.29, 1.82) is 0 Å². The van der Waals surface area contributed by atoms with Gasteiger partial charge >= 0.3 is 0 Å². The maximum Gasteiger partial charge on any atom is 0.0380 e. The number of alkyl halides is 1. The quantitative estimate of drug-likeness (QED) is 0.679. The summed E-state index contributed by atoms with van der Waals surface area (Å²) in [5.74, 6) is 0.610. The topological polar surface area (TPSA) is 0 Å². The average Bonchev–Trinajstić information content (AvgIpc) is 2.55. The molecule has 0 saturated carbocycles. The molecule has 0 unspecified atom stereocenters. The molecule has 2 rings (SSSR count). The van der Waals surface area contributed by atoms with Gasteiger partial charge in [0.2, 0.25) is 0 Å². The van der Waals surface area contributed by atoms with Crippen LogP contribution in [0.5, 0.6) is 0 Å². The lowest BCUT2D eigenvalue weighted by molar-refractivity contribution is 0.872. The van der Waals surface area contributed by atoms with Crippen molar-refractivity contribution >= 4 is 37.4 Å². The summed E-state index contributed by atoms with van der Waals surface area (Å²) in [5.41, 5.74) is 1.52. The Kier molecular flexibility index (Phi) is 2.93. The van der Waals surface area contributed by atoms with Crippen LogP contribution in [0.4, 0.5) is 0 Å². The number of rotatable bonds is 2.